The summed E-state index contributed by atoms with van der Waals surface area (Å²) in [4.78, 5) is 11.4. The lowest BCUT2D eigenvalue weighted by Crippen LogP contribution is -2.36. The average molecular weight is 288 g/mol. The molecule has 2 heteroatoms. The second-order valence-electron chi connectivity index (χ2n) is 6.40. The van der Waals surface area contributed by atoms with Gasteiger partial charge in [0, 0.05) is 6.42 Å². The van der Waals surface area contributed by atoms with Crippen LogP contribution >= 0.6 is 0 Å². The van der Waals surface area contributed by atoms with Crippen molar-refractivity contribution in [2.45, 2.75) is 71.1 Å². The van der Waals surface area contributed by atoms with E-state index in [9.17, 15) is 4.79 Å². The molecule has 0 saturated heterocycles. The zero-order valence-electron chi connectivity index (χ0n) is 13.7. The molecule has 0 bridgehead atoms. The van der Waals surface area contributed by atoms with Gasteiger partial charge in [0.1, 0.15) is 5.75 Å². The van der Waals surface area contributed by atoms with Gasteiger partial charge in [0.05, 0.1) is 0 Å². The third kappa shape index (κ3) is 3.48. The van der Waals surface area contributed by atoms with Crippen LogP contribution in [0.1, 0.15) is 71.3 Å². The molecular weight excluding hydrogens is 260 g/mol. The van der Waals surface area contributed by atoms with E-state index < -0.39 is 0 Å². The minimum absolute atomic E-state index is 0.169. The molecule has 1 aliphatic carbocycles. The average Bonchev–Trinajstić information content (AvgIpc) is 2.50. The van der Waals surface area contributed by atoms with Crippen molar-refractivity contribution in [1.29, 1.82) is 0 Å². The van der Waals surface area contributed by atoms with Gasteiger partial charge in [-0.25, -0.2) is 0 Å². The topological polar surface area (TPSA) is 26.3 Å². The molecule has 1 saturated carbocycles. The van der Waals surface area contributed by atoms with E-state index in [1.165, 1.54) is 44.1 Å². The van der Waals surface area contributed by atoms with Crippen molar-refractivity contribution in [1.82, 2.24) is 0 Å². The van der Waals surface area contributed by atoms with E-state index >= 15 is 0 Å². The van der Waals surface area contributed by atoms with Crippen LogP contribution in [0.25, 0.3) is 0 Å². The molecule has 2 rings (SSSR count). The van der Waals surface area contributed by atoms with E-state index in [0.29, 0.717) is 17.6 Å². The quantitative estimate of drug-likeness (QED) is 0.546. The highest BCUT2D eigenvalue weighted by Gasteiger charge is 2.38. The summed E-state index contributed by atoms with van der Waals surface area (Å²) in [6.07, 6.45) is 8.19. The molecule has 0 heterocycles. The summed E-state index contributed by atoms with van der Waals surface area (Å²) >= 11 is 0. The largest absolute Gasteiger partial charge is 0.427 e. The Balaban J connectivity index is 2.23. The van der Waals surface area contributed by atoms with Gasteiger partial charge in [-0.15, -0.1) is 0 Å². The first-order chi connectivity index (χ1) is 10.1. The Morgan fingerprint density at radius 2 is 1.95 bits per heavy atom. The Labute approximate surface area is 128 Å². The SMILES string of the molecule is CCC[C@@]1(c2ccc(OC(=O)CC)cc2)CCCC[C@@H]1C. The number of hydrogen-bond acceptors (Lipinski definition) is 2. The molecule has 1 aliphatic rings. The second-order valence-corrected chi connectivity index (χ2v) is 6.40. The van der Waals surface area contributed by atoms with Gasteiger partial charge in [0.15, 0.2) is 0 Å². The minimum Gasteiger partial charge on any atom is -0.427 e. The third-order valence-corrected chi connectivity index (χ3v) is 5.10. The van der Waals surface area contributed by atoms with Gasteiger partial charge >= 0.3 is 5.97 Å². The van der Waals surface area contributed by atoms with Crippen LogP contribution in [-0.2, 0) is 10.2 Å². The number of benzene rings is 1. The zero-order chi connectivity index (χ0) is 15.3. The number of hydrogen-bond donors (Lipinski definition) is 0. The van der Waals surface area contributed by atoms with E-state index in [-0.39, 0.29) is 5.97 Å². The van der Waals surface area contributed by atoms with E-state index in [0.717, 1.165) is 5.92 Å². The number of rotatable bonds is 5. The summed E-state index contributed by atoms with van der Waals surface area (Å²) in [5.41, 5.74) is 1.74. The lowest BCUT2D eigenvalue weighted by Gasteiger charge is -2.43. The maximum Gasteiger partial charge on any atom is 0.310 e. The molecule has 0 aromatic heterocycles. The van der Waals surface area contributed by atoms with Gasteiger partial charge in [-0.1, -0.05) is 52.2 Å². The maximum atomic E-state index is 11.4. The first-order valence-corrected chi connectivity index (χ1v) is 8.43. The fraction of sp³-hybridized carbons (Fsp3) is 0.632. The summed E-state index contributed by atoms with van der Waals surface area (Å²) in [5, 5.41) is 0. The van der Waals surface area contributed by atoms with Crippen LogP contribution in [0.2, 0.25) is 0 Å². The van der Waals surface area contributed by atoms with E-state index in [2.05, 4.69) is 26.0 Å². The van der Waals surface area contributed by atoms with Gasteiger partial charge in [-0.2, -0.15) is 0 Å². The van der Waals surface area contributed by atoms with Crippen LogP contribution in [-0.4, -0.2) is 5.97 Å². The van der Waals surface area contributed by atoms with Crippen molar-refractivity contribution in [3.05, 3.63) is 29.8 Å². The molecule has 21 heavy (non-hydrogen) atoms. The van der Waals surface area contributed by atoms with Gasteiger partial charge in [0.2, 0.25) is 0 Å². The summed E-state index contributed by atoms with van der Waals surface area (Å²) in [6.45, 7) is 6.50. The molecular formula is C19H28O2. The molecule has 0 N–H and O–H groups in total. The van der Waals surface area contributed by atoms with Gasteiger partial charge in [0.25, 0.3) is 0 Å². The highest BCUT2D eigenvalue weighted by molar-refractivity contribution is 5.71. The van der Waals surface area contributed by atoms with Crippen molar-refractivity contribution in [3.8, 4) is 5.75 Å². The van der Waals surface area contributed by atoms with Crippen LogP contribution in [0.5, 0.6) is 5.75 Å². The van der Waals surface area contributed by atoms with Crippen molar-refractivity contribution in [2.75, 3.05) is 0 Å². The van der Waals surface area contributed by atoms with Gasteiger partial charge < -0.3 is 4.74 Å². The number of ether oxygens (including phenoxy) is 1. The van der Waals surface area contributed by atoms with E-state index in [4.69, 9.17) is 4.74 Å². The minimum atomic E-state index is -0.169. The van der Waals surface area contributed by atoms with Crippen LogP contribution in [0.3, 0.4) is 0 Å². The molecule has 1 aromatic rings. The lowest BCUT2D eigenvalue weighted by atomic mass is 9.61. The van der Waals surface area contributed by atoms with Crippen molar-refractivity contribution in [3.63, 3.8) is 0 Å². The predicted octanol–water partition coefficient (Wildman–Crippen LogP) is 5.25. The molecule has 0 radical (unpaired) electrons. The molecule has 0 aliphatic heterocycles. The summed E-state index contributed by atoms with van der Waals surface area (Å²) < 4.78 is 5.29. The molecule has 1 aromatic carbocycles. The third-order valence-electron chi connectivity index (χ3n) is 5.10. The van der Waals surface area contributed by atoms with Crippen molar-refractivity contribution < 1.29 is 9.53 Å². The number of esters is 1. The normalized spacial score (nSPS) is 25.6. The molecule has 2 atom stereocenters. The van der Waals surface area contributed by atoms with Crippen molar-refractivity contribution in [2.24, 2.45) is 5.92 Å². The van der Waals surface area contributed by atoms with Crippen LogP contribution in [0, 0.1) is 5.92 Å². The predicted molar refractivity (Wildman–Crippen MR) is 86.6 cm³/mol. The molecule has 2 nitrogen and oxygen atoms in total. The highest BCUT2D eigenvalue weighted by Crippen LogP contribution is 2.47. The van der Waals surface area contributed by atoms with Crippen molar-refractivity contribution >= 4 is 5.97 Å². The first kappa shape index (κ1) is 16.1. The Morgan fingerprint density at radius 1 is 1.24 bits per heavy atom. The Bertz CT molecular complexity index is 459. The van der Waals surface area contributed by atoms with Gasteiger partial charge in [-0.3, -0.25) is 4.79 Å². The Hall–Kier alpha value is -1.31. The standard InChI is InChI=1S/C19H28O2/c1-4-13-19(14-7-6-8-15(19)3)16-9-11-17(12-10-16)21-18(20)5-2/h9-12,15H,4-8,13-14H2,1-3H3/t15-,19+/m0/s1. The maximum absolute atomic E-state index is 11.4. The molecule has 0 unspecified atom stereocenters. The van der Waals surface area contributed by atoms with E-state index in [1.807, 2.05) is 19.1 Å². The van der Waals surface area contributed by atoms with Crippen LogP contribution < -0.4 is 4.74 Å². The first-order valence-electron chi connectivity index (χ1n) is 8.43. The Kier molecular flexibility index (Phi) is 5.44. The van der Waals surface area contributed by atoms with E-state index in [1.54, 1.807) is 0 Å². The summed E-state index contributed by atoms with van der Waals surface area (Å²) in [5.74, 6) is 1.23. The fourth-order valence-corrected chi connectivity index (χ4v) is 3.86. The molecule has 116 valence electrons. The molecule has 0 spiro atoms. The summed E-state index contributed by atoms with van der Waals surface area (Å²) in [7, 11) is 0. The Morgan fingerprint density at radius 3 is 2.52 bits per heavy atom. The second kappa shape index (κ2) is 7.11. The number of carbonyl (C=O) groups excluding carboxylic acids is 1. The smallest absolute Gasteiger partial charge is 0.310 e. The molecule has 1 fully saturated rings. The van der Waals surface area contributed by atoms with Crippen LogP contribution in [0.4, 0.5) is 0 Å². The van der Waals surface area contributed by atoms with Gasteiger partial charge in [-0.05, 0) is 48.3 Å². The summed E-state index contributed by atoms with van der Waals surface area (Å²) in [6, 6.07) is 8.27. The number of carbonyl (C=O) groups is 1. The fourth-order valence-electron chi connectivity index (χ4n) is 3.86. The molecule has 0 amide bonds. The monoisotopic (exact) mass is 288 g/mol. The van der Waals surface area contributed by atoms with Crippen LogP contribution in [0.15, 0.2) is 24.3 Å². The highest BCUT2D eigenvalue weighted by atomic mass is 16.5. The lowest BCUT2D eigenvalue weighted by molar-refractivity contribution is -0.134. The zero-order valence-corrected chi connectivity index (χ0v) is 13.7.